The summed E-state index contributed by atoms with van der Waals surface area (Å²) in [5.41, 5.74) is 0.156. The van der Waals surface area contributed by atoms with Gasteiger partial charge >= 0.3 is 6.18 Å². The third kappa shape index (κ3) is 5.55. The van der Waals surface area contributed by atoms with Crippen LogP contribution in [0.1, 0.15) is 27.6 Å². The first-order chi connectivity index (χ1) is 12.5. The Morgan fingerprint density at radius 1 is 1.00 bits per heavy atom. The Hall–Kier alpha value is -2.88. The van der Waals surface area contributed by atoms with Crippen molar-refractivity contribution >= 4 is 27.4 Å². The molecule has 0 aliphatic heterocycles. The van der Waals surface area contributed by atoms with Gasteiger partial charge in [-0.05, 0) is 43.3 Å². The summed E-state index contributed by atoms with van der Waals surface area (Å²) < 4.78 is 63.5. The van der Waals surface area contributed by atoms with Crippen molar-refractivity contribution in [3.63, 3.8) is 0 Å². The molecule has 0 aromatic heterocycles. The number of hydrogen-bond acceptors (Lipinski definition) is 4. The first-order valence-corrected chi connectivity index (χ1v) is 9.06. The lowest BCUT2D eigenvalue weighted by molar-refractivity contribution is -0.123. The van der Waals surface area contributed by atoms with Crippen LogP contribution in [0.2, 0.25) is 0 Å². The van der Waals surface area contributed by atoms with Gasteiger partial charge in [-0.1, -0.05) is 12.1 Å². The van der Waals surface area contributed by atoms with Crippen molar-refractivity contribution in [2.45, 2.75) is 18.0 Å². The van der Waals surface area contributed by atoms with Gasteiger partial charge in [0.25, 0.3) is 15.9 Å². The Balaban J connectivity index is 2.18. The molecule has 0 unspecified atom stereocenters. The van der Waals surface area contributed by atoms with Crippen LogP contribution in [-0.2, 0) is 10.0 Å². The molecule has 2 aromatic carbocycles. The molecule has 0 aliphatic rings. The quantitative estimate of drug-likeness (QED) is 0.730. The van der Waals surface area contributed by atoms with Gasteiger partial charge in [-0.2, -0.15) is 13.2 Å². The Labute approximate surface area is 153 Å². The number of carbonyl (C=O) groups excluding carboxylic acids is 2. The highest BCUT2D eigenvalue weighted by atomic mass is 32.2. The van der Waals surface area contributed by atoms with Crippen molar-refractivity contribution in [3.05, 3.63) is 59.7 Å². The average Bonchev–Trinajstić information content (AvgIpc) is 2.59. The van der Waals surface area contributed by atoms with Crippen molar-refractivity contribution in [2.75, 3.05) is 11.3 Å². The van der Waals surface area contributed by atoms with Crippen molar-refractivity contribution in [3.8, 4) is 0 Å². The maximum Gasteiger partial charge on any atom is 0.405 e. The summed E-state index contributed by atoms with van der Waals surface area (Å²) in [5, 5.41) is 1.69. The van der Waals surface area contributed by atoms with Gasteiger partial charge < -0.3 is 5.32 Å². The predicted octanol–water partition coefficient (Wildman–Crippen LogP) is 2.98. The van der Waals surface area contributed by atoms with Gasteiger partial charge in [-0.3, -0.25) is 14.3 Å². The summed E-state index contributed by atoms with van der Waals surface area (Å²) in [6.07, 6.45) is -4.55. The minimum absolute atomic E-state index is 0.0944. The van der Waals surface area contributed by atoms with Gasteiger partial charge in [0.1, 0.15) is 6.54 Å². The molecule has 0 radical (unpaired) electrons. The Bertz CT molecular complexity index is 955. The van der Waals surface area contributed by atoms with Crippen LogP contribution in [0.15, 0.2) is 53.4 Å². The fraction of sp³-hybridized carbons (Fsp3) is 0.176. The third-order valence-corrected chi connectivity index (χ3v) is 4.81. The summed E-state index contributed by atoms with van der Waals surface area (Å²) in [7, 11) is -4.06. The molecule has 10 heteroatoms. The highest BCUT2D eigenvalue weighted by Gasteiger charge is 2.28. The maximum absolute atomic E-state index is 12.4. The number of rotatable bonds is 6. The first-order valence-electron chi connectivity index (χ1n) is 7.57. The maximum atomic E-state index is 12.4. The number of hydrogen-bond donors (Lipinski definition) is 2. The normalized spacial score (nSPS) is 11.7. The van der Waals surface area contributed by atoms with Gasteiger partial charge in [0.05, 0.1) is 10.6 Å². The number of ketones is 1. The average molecular weight is 400 g/mol. The molecule has 0 fully saturated rings. The van der Waals surface area contributed by atoms with Crippen molar-refractivity contribution in [1.82, 2.24) is 5.32 Å². The summed E-state index contributed by atoms with van der Waals surface area (Å²) in [5.74, 6) is -1.31. The van der Waals surface area contributed by atoms with E-state index in [1.54, 1.807) is 17.4 Å². The van der Waals surface area contributed by atoms with Gasteiger partial charge in [-0.15, -0.1) is 0 Å². The molecule has 27 heavy (non-hydrogen) atoms. The van der Waals surface area contributed by atoms with E-state index >= 15 is 0 Å². The van der Waals surface area contributed by atoms with Crippen LogP contribution < -0.4 is 10.0 Å². The van der Waals surface area contributed by atoms with E-state index in [4.69, 9.17) is 0 Å². The van der Waals surface area contributed by atoms with E-state index in [0.717, 1.165) is 24.3 Å². The standard InChI is InChI=1S/C17H15F3N2O4S/c1-11(23)14-4-2-3-5-15(14)22-27(25,26)13-8-6-12(7-9-13)16(24)21-10-17(18,19)20/h2-9,22H,10H2,1H3,(H,21,24). The van der Waals surface area contributed by atoms with Crippen molar-refractivity contribution < 1.29 is 31.2 Å². The molecule has 2 rings (SSSR count). The molecular formula is C17H15F3N2O4S. The Morgan fingerprint density at radius 3 is 2.15 bits per heavy atom. The minimum atomic E-state index is -4.55. The fourth-order valence-corrected chi connectivity index (χ4v) is 3.23. The van der Waals surface area contributed by atoms with Gasteiger partial charge in [0.2, 0.25) is 0 Å². The molecular weight excluding hydrogens is 385 g/mol. The molecule has 0 spiro atoms. The number of alkyl halides is 3. The zero-order valence-corrected chi connectivity index (χ0v) is 14.8. The Morgan fingerprint density at radius 2 is 1.59 bits per heavy atom. The SMILES string of the molecule is CC(=O)c1ccccc1NS(=O)(=O)c1ccc(C(=O)NCC(F)(F)F)cc1. The van der Waals surface area contributed by atoms with E-state index in [9.17, 15) is 31.2 Å². The number of amides is 1. The number of nitrogens with one attached hydrogen (secondary N) is 2. The van der Waals surface area contributed by atoms with E-state index in [1.165, 1.54) is 19.1 Å². The lowest BCUT2D eigenvalue weighted by Crippen LogP contribution is -2.33. The second kappa shape index (κ2) is 7.78. The molecule has 0 bridgehead atoms. The molecule has 2 aromatic rings. The highest BCUT2D eigenvalue weighted by molar-refractivity contribution is 7.92. The monoisotopic (exact) mass is 400 g/mol. The van der Waals surface area contributed by atoms with Gasteiger partial charge in [0.15, 0.2) is 5.78 Å². The van der Waals surface area contributed by atoms with Crippen LogP contribution in [0.25, 0.3) is 0 Å². The largest absolute Gasteiger partial charge is 0.405 e. The second-order valence-electron chi connectivity index (χ2n) is 5.53. The highest BCUT2D eigenvalue weighted by Crippen LogP contribution is 2.21. The smallest absolute Gasteiger partial charge is 0.343 e. The molecule has 0 atom stereocenters. The number of anilines is 1. The fourth-order valence-electron chi connectivity index (χ4n) is 2.15. The van der Waals surface area contributed by atoms with Crippen LogP contribution in [0.3, 0.4) is 0 Å². The number of sulfonamides is 1. The van der Waals surface area contributed by atoms with Gasteiger partial charge in [0, 0.05) is 11.1 Å². The van der Waals surface area contributed by atoms with Crippen molar-refractivity contribution in [1.29, 1.82) is 0 Å². The second-order valence-corrected chi connectivity index (χ2v) is 7.21. The summed E-state index contributed by atoms with van der Waals surface area (Å²) in [6.45, 7) is -0.198. The number of para-hydroxylation sites is 1. The molecule has 6 nitrogen and oxygen atoms in total. The summed E-state index contributed by atoms with van der Waals surface area (Å²) in [4.78, 5) is 23.0. The molecule has 1 amide bonds. The molecule has 0 aliphatic carbocycles. The van der Waals surface area contributed by atoms with Crippen molar-refractivity contribution in [2.24, 2.45) is 0 Å². The predicted molar refractivity (Wildman–Crippen MR) is 92.1 cm³/mol. The van der Waals surface area contributed by atoms with Crippen LogP contribution in [0.5, 0.6) is 0 Å². The first kappa shape index (κ1) is 20.4. The van der Waals surface area contributed by atoms with Crippen LogP contribution in [0.4, 0.5) is 18.9 Å². The van der Waals surface area contributed by atoms with E-state index in [0.29, 0.717) is 0 Å². The summed E-state index contributed by atoms with van der Waals surface area (Å²) >= 11 is 0. The zero-order chi connectivity index (χ0) is 20.2. The number of halogens is 3. The third-order valence-electron chi connectivity index (χ3n) is 3.43. The zero-order valence-electron chi connectivity index (χ0n) is 14.0. The number of carbonyl (C=O) groups is 2. The molecule has 0 saturated heterocycles. The molecule has 144 valence electrons. The molecule has 2 N–H and O–H groups in total. The van der Waals surface area contributed by atoms with Crippen LogP contribution >= 0.6 is 0 Å². The minimum Gasteiger partial charge on any atom is -0.343 e. The Kier molecular flexibility index (Phi) is 5.89. The van der Waals surface area contributed by atoms with Gasteiger partial charge in [-0.25, -0.2) is 8.42 Å². The number of Topliss-reactive ketones (excluding diaryl/α,β-unsaturated/α-hetero) is 1. The lowest BCUT2D eigenvalue weighted by Gasteiger charge is -2.12. The topological polar surface area (TPSA) is 92.3 Å². The van der Waals surface area contributed by atoms with Crippen LogP contribution in [0, 0.1) is 0 Å². The summed E-state index contributed by atoms with van der Waals surface area (Å²) in [6, 6.07) is 10.4. The van der Waals surface area contributed by atoms with Crippen LogP contribution in [-0.4, -0.2) is 32.8 Å². The molecule has 0 saturated carbocycles. The van der Waals surface area contributed by atoms with E-state index in [-0.39, 0.29) is 27.5 Å². The van der Waals surface area contributed by atoms with E-state index < -0.39 is 28.7 Å². The van der Waals surface area contributed by atoms with E-state index in [2.05, 4.69) is 4.72 Å². The lowest BCUT2D eigenvalue weighted by atomic mass is 10.1. The van der Waals surface area contributed by atoms with E-state index in [1.807, 2.05) is 0 Å². The molecule has 0 heterocycles. The number of benzene rings is 2.